The van der Waals surface area contributed by atoms with Gasteiger partial charge >= 0.3 is 0 Å². The quantitative estimate of drug-likeness (QED) is 0.592. The molecule has 0 unspecified atom stereocenters. The van der Waals surface area contributed by atoms with Crippen molar-refractivity contribution in [1.82, 2.24) is 10.3 Å². The van der Waals surface area contributed by atoms with Crippen LogP contribution >= 0.6 is 0 Å². The molecule has 1 heterocycles. The Balaban J connectivity index is 1.49. The molecular formula is C22H22N4O2. The number of hydrogen-bond acceptors (Lipinski definition) is 4. The third kappa shape index (κ3) is 5.41. The van der Waals surface area contributed by atoms with Gasteiger partial charge in [-0.1, -0.05) is 24.3 Å². The maximum Gasteiger partial charge on any atom is 0.251 e. The Morgan fingerprint density at radius 3 is 2.46 bits per heavy atom. The van der Waals surface area contributed by atoms with Gasteiger partial charge < -0.3 is 16.0 Å². The number of carbonyl (C=O) groups is 2. The van der Waals surface area contributed by atoms with Crippen LogP contribution in [-0.2, 0) is 11.3 Å². The molecule has 0 aliphatic rings. The fourth-order valence-corrected chi connectivity index (χ4v) is 2.64. The van der Waals surface area contributed by atoms with Crippen LogP contribution < -0.4 is 16.0 Å². The highest BCUT2D eigenvalue weighted by atomic mass is 16.2. The largest absolute Gasteiger partial charge is 0.376 e. The molecule has 28 heavy (non-hydrogen) atoms. The highest BCUT2D eigenvalue weighted by molar-refractivity contribution is 5.96. The summed E-state index contributed by atoms with van der Waals surface area (Å²) in [5.41, 5.74) is 4.11. The average molecular weight is 374 g/mol. The van der Waals surface area contributed by atoms with Crippen molar-refractivity contribution in [2.45, 2.75) is 13.5 Å². The maximum atomic E-state index is 12.2. The fourth-order valence-electron chi connectivity index (χ4n) is 2.64. The minimum Gasteiger partial charge on any atom is -0.376 e. The molecule has 6 heteroatoms. The van der Waals surface area contributed by atoms with Crippen molar-refractivity contribution in [1.29, 1.82) is 0 Å². The van der Waals surface area contributed by atoms with E-state index in [1.165, 1.54) is 0 Å². The first-order chi connectivity index (χ1) is 13.6. The minimum absolute atomic E-state index is 0.156. The van der Waals surface area contributed by atoms with Gasteiger partial charge in [0, 0.05) is 35.9 Å². The van der Waals surface area contributed by atoms with Crippen LogP contribution in [0.25, 0.3) is 0 Å². The number of benzene rings is 2. The Bertz CT molecular complexity index is 940. The summed E-state index contributed by atoms with van der Waals surface area (Å²) in [7, 11) is 0. The lowest BCUT2D eigenvalue weighted by Gasteiger charge is -2.10. The van der Waals surface area contributed by atoms with Crippen molar-refractivity contribution >= 4 is 23.2 Å². The molecule has 0 saturated heterocycles. The van der Waals surface area contributed by atoms with E-state index < -0.39 is 0 Å². The van der Waals surface area contributed by atoms with Gasteiger partial charge in [0.2, 0.25) is 5.91 Å². The van der Waals surface area contributed by atoms with Gasteiger partial charge in [0.05, 0.1) is 6.54 Å². The first kappa shape index (κ1) is 19.1. The minimum atomic E-state index is -0.178. The molecule has 0 spiro atoms. The molecule has 0 radical (unpaired) electrons. The van der Waals surface area contributed by atoms with Crippen LogP contribution in [0.4, 0.5) is 11.4 Å². The fraction of sp³-hybridized carbons (Fsp3) is 0.136. The first-order valence-corrected chi connectivity index (χ1v) is 8.98. The third-order valence-corrected chi connectivity index (χ3v) is 4.19. The van der Waals surface area contributed by atoms with E-state index in [0.717, 1.165) is 16.8 Å². The first-order valence-electron chi connectivity index (χ1n) is 8.98. The zero-order valence-corrected chi connectivity index (χ0v) is 15.6. The Kier molecular flexibility index (Phi) is 6.36. The molecule has 0 aliphatic heterocycles. The molecule has 0 fully saturated rings. The topological polar surface area (TPSA) is 83.1 Å². The number of aromatic nitrogens is 1. The highest BCUT2D eigenvalue weighted by Gasteiger charge is 2.07. The van der Waals surface area contributed by atoms with Crippen LogP contribution in [0.3, 0.4) is 0 Å². The molecule has 0 atom stereocenters. The number of carbonyl (C=O) groups excluding carboxylic acids is 2. The van der Waals surface area contributed by atoms with Crippen molar-refractivity contribution in [3.8, 4) is 0 Å². The van der Waals surface area contributed by atoms with Gasteiger partial charge in [-0.15, -0.1) is 0 Å². The molecule has 1 aromatic heterocycles. The number of para-hydroxylation sites is 1. The van der Waals surface area contributed by atoms with Gasteiger partial charge in [-0.2, -0.15) is 0 Å². The SMILES string of the molecule is Cc1ccccc1NCC(=O)Nc1ccc(C(=O)NCc2cccnc2)cc1. The monoisotopic (exact) mass is 374 g/mol. The normalized spacial score (nSPS) is 10.2. The zero-order valence-electron chi connectivity index (χ0n) is 15.6. The number of nitrogens with one attached hydrogen (secondary N) is 3. The summed E-state index contributed by atoms with van der Waals surface area (Å²) in [5, 5.41) is 8.77. The predicted octanol–water partition coefficient (Wildman–Crippen LogP) is 3.37. The standard InChI is InChI=1S/C22H22N4O2/c1-16-5-2-3-7-20(16)24-15-21(27)26-19-10-8-18(9-11-19)22(28)25-14-17-6-4-12-23-13-17/h2-13,24H,14-15H2,1H3,(H,25,28)(H,26,27). The van der Waals surface area contributed by atoms with E-state index in [4.69, 9.17) is 0 Å². The summed E-state index contributed by atoms with van der Waals surface area (Å²) in [6, 6.07) is 18.3. The summed E-state index contributed by atoms with van der Waals surface area (Å²) in [6.07, 6.45) is 3.40. The molecule has 142 valence electrons. The van der Waals surface area contributed by atoms with Gasteiger partial charge in [-0.05, 0) is 54.4 Å². The van der Waals surface area contributed by atoms with Gasteiger partial charge in [0.25, 0.3) is 5.91 Å². The van der Waals surface area contributed by atoms with Crippen LogP contribution in [0.2, 0.25) is 0 Å². The number of anilines is 2. The van der Waals surface area contributed by atoms with Gasteiger partial charge in [0.15, 0.2) is 0 Å². The maximum absolute atomic E-state index is 12.2. The smallest absolute Gasteiger partial charge is 0.251 e. The second-order valence-corrected chi connectivity index (χ2v) is 6.34. The van der Waals surface area contributed by atoms with Crippen molar-refractivity contribution in [2.75, 3.05) is 17.2 Å². The Morgan fingerprint density at radius 2 is 1.75 bits per heavy atom. The third-order valence-electron chi connectivity index (χ3n) is 4.19. The van der Waals surface area contributed by atoms with E-state index in [1.54, 1.807) is 36.7 Å². The lowest BCUT2D eigenvalue weighted by molar-refractivity contribution is -0.114. The van der Waals surface area contributed by atoms with Gasteiger partial charge in [-0.25, -0.2) is 0 Å². The second kappa shape index (κ2) is 9.32. The number of pyridine rings is 1. The van der Waals surface area contributed by atoms with E-state index in [1.807, 2.05) is 43.3 Å². The van der Waals surface area contributed by atoms with Crippen molar-refractivity contribution in [3.63, 3.8) is 0 Å². The van der Waals surface area contributed by atoms with Crippen molar-refractivity contribution < 1.29 is 9.59 Å². The van der Waals surface area contributed by atoms with Crippen molar-refractivity contribution in [3.05, 3.63) is 89.7 Å². The van der Waals surface area contributed by atoms with E-state index in [0.29, 0.717) is 17.8 Å². The molecule has 0 aliphatic carbocycles. The second-order valence-electron chi connectivity index (χ2n) is 6.34. The Labute approximate surface area is 164 Å². The van der Waals surface area contributed by atoms with Crippen LogP contribution in [0.5, 0.6) is 0 Å². The van der Waals surface area contributed by atoms with E-state index in [2.05, 4.69) is 20.9 Å². The molecule has 2 amide bonds. The molecule has 3 N–H and O–H groups in total. The van der Waals surface area contributed by atoms with E-state index in [-0.39, 0.29) is 18.4 Å². The molecule has 3 rings (SSSR count). The summed E-state index contributed by atoms with van der Waals surface area (Å²) in [6.45, 7) is 2.56. The summed E-state index contributed by atoms with van der Waals surface area (Å²) in [4.78, 5) is 28.3. The number of hydrogen-bond donors (Lipinski definition) is 3. The highest BCUT2D eigenvalue weighted by Crippen LogP contribution is 2.13. The Morgan fingerprint density at radius 1 is 0.964 bits per heavy atom. The average Bonchev–Trinajstić information content (AvgIpc) is 2.73. The van der Waals surface area contributed by atoms with E-state index in [9.17, 15) is 9.59 Å². The molecule has 2 aromatic carbocycles. The summed E-state index contributed by atoms with van der Waals surface area (Å²) >= 11 is 0. The van der Waals surface area contributed by atoms with Crippen LogP contribution in [0.15, 0.2) is 73.1 Å². The lowest BCUT2D eigenvalue weighted by Crippen LogP contribution is -2.23. The lowest BCUT2D eigenvalue weighted by atomic mass is 10.2. The Hall–Kier alpha value is -3.67. The number of rotatable bonds is 7. The van der Waals surface area contributed by atoms with Crippen molar-refractivity contribution in [2.24, 2.45) is 0 Å². The molecule has 6 nitrogen and oxygen atoms in total. The van der Waals surface area contributed by atoms with E-state index >= 15 is 0 Å². The summed E-state index contributed by atoms with van der Waals surface area (Å²) in [5.74, 6) is -0.333. The van der Waals surface area contributed by atoms with Crippen LogP contribution in [-0.4, -0.2) is 23.3 Å². The summed E-state index contributed by atoms with van der Waals surface area (Å²) < 4.78 is 0. The molecule has 3 aromatic rings. The van der Waals surface area contributed by atoms with Crippen LogP contribution in [0, 0.1) is 6.92 Å². The van der Waals surface area contributed by atoms with Gasteiger partial charge in [0.1, 0.15) is 0 Å². The number of amides is 2. The number of aryl methyl sites for hydroxylation is 1. The number of nitrogens with zero attached hydrogens (tertiary/aromatic N) is 1. The molecule has 0 bridgehead atoms. The molecule has 0 saturated carbocycles. The molecular weight excluding hydrogens is 352 g/mol. The zero-order chi connectivity index (χ0) is 19.8. The van der Waals surface area contributed by atoms with Gasteiger partial charge in [-0.3, -0.25) is 14.6 Å². The predicted molar refractivity (Wildman–Crippen MR) is 110 cm³/mol. The van der Waals surface area contributed by atoms with Crippen LogP contribution in [0.1, 0.15) is 21.5 Å².